The van der Waals surface area contributed by atoms with Crippen LogP contribution in [-0.4, -0.2) is 10.7 Å². The van der Waals surface area contributed by atoms with E-state index in [-0.39, 0.29) is 0 Å². The molecule has 1 unspecified atom stereocenters. The average molecular weight is 291 g/mol. The van der Waals surface area contributed by atoms with Crippen molar-refractivity contribution < 1.29 is 0 Å². The molecule has 0 bridgehead atoms. The van der Waals surface area contributed by atoms with Crippen molar-refractivity contribution in [2.75, 3.05) is 11.1 Å². The summed E-state index contributed by atoms with van der Waals surface area (Å²) in [6, 6.07) is 12.8. The molecule has 0 fully saturated rings. The summed E-state index contributed by atoms with van der Waals surface area (Å²) in [5.41, 5.74) is 4.83. The smallest absolute Gasteiger partial charge is 0.129 e. The Morgan fingerprint density at radius 2 is 2.11 bits per heavy atom. The summed E-state index contributed by atoms with van der Waals surface area (Å²) < 4.78 is 0. The zero-order valence-corrected chi connectivity index (χ0v) is 12.3. The number of thioether (sulfide) groups is 1. The highest BCUT2D eigenvalue weighted by molar-refractivity contribution is 7.98. The van der Waals surface area contributed by atoms with E-state index in [0.29, 0.717) is 11.2 Å². The summed E-state index contributed by atoms with van der Waals surface area (Å²) in [6.07, 6.45) is 0. The van der Waals surface area contributed by atoms with Gasteiger partial charge in [-0.3, -0.25) is 0 Å². The first-order chi connectivity index (χ1) is 9.24. The van der Waals surface area contributed by atoms with E-state index in [2.05, 4.69) is 34.6 Å². The van der Waals surface area contributed by atoms with Crippen molar-refractivity contribution in [1.29, 1.82) is 0 Å². The molecule has 1 aromatic heterocycles. The lowest BCUT2D eigenvalue weighted by Crippen LogP contribution is -2.19. The zero-order valence-electron chi connectivity index (χ0n) is 10.7. The summed E-state index contributed by atoms with van der Waals surface area (Å²) in [5.74, 6) is 2.19. The van der Waals surface area contributed by atoms with Gasteiger partial charge in [0.1, 0.15) is 5.15 Å². The number of aryl methyl sites for hydroxylation is 1. The first kappa shape index (κ1) is 12.8. The Morgan fingerprint density at radius 3 is 2.95 bits per heavy atom. The molecule has 19 heavy (non-hydrogen) atoms. The number of aromatic nitrogens is 1. The maximum atomic E-state index is 5.90. The maximum absolute atomic E-state index is 5.90. The van der Waals surface area contributed by atoms with Crippen LogP contribution in [0.1, 0.15) is 22.9 Å². The van der Waals surface area contributed by atoms with Gasteiger partial charge in [0, 0.05) is 11.5 Å². The van der Waals surface area contributed by atoms with Gasteiger partial charge >= 0.3 is 0 Å². The number of halogens is 1. The van der Waals surface area contributed by atoms with Crippen molar-refractivity contribution in [2.45, 2.75) is 18.7 Å². The van der Waals surface area contributed by atoms with E-state index in [4.69, 9.17) is 11.6 Å². The standard InChI is InChI=1S/C15H15ClN2S/c1-10-13(6-7-15(16)17-10)18-14-9-19-8-11-4-2-3-5-12(11)14/h2-7,14,18H,8-9H2,1H3. The molecular formula is C15H15ClN2S. The van der Waals surface area contributed by atoms with E-state index in [1.807, 2.05) is 30.8 Å². The van der Waals surface area contributed by atoms with Gasteiger partial charge in [0.15, 0.2) is 0 Å². The Morgan fingerprint density at radius 1 is 1.26 bits per heavy atom. The number of anilines is 1. The second-order valence-corrected chi connectivity index (χ2v) is 6.10. The SMILES string of the molecule is Cc1nc(Cl)ccc1NC1CSCc2ccccc21. The predicted octanol–water partition coefficient (Wildman–Crippen LogP) is 4.44. The van der Waals surface area contributed by atoms with Crippen LogP contribution >= 0.6 is 23.4 Å². The molecule has 1 atom stereocenters. The molecule has 4 heteroatoms. The van der Waals surface area contributed by atoms with E-state index < -0.39 is 0 Å². The van der Waals surface area contributed by atoms with Crippen LogP contribution in [-0.2, 0) is 5.75 Å². The fourth-order valence-electron chi connectivity index (χ4n) is 2.37. The number of rotatable bonds is 2. The van der Waals surface area contributed by atoms with E-state index in [0.717, 1.165) is 22.9 Å². The number of hydrogen-bond acceptors (Lipinski definition) is 3. The van der Waals surface area contributed by atoms with Gasteiger partial charge in [-0.2, -0.15) is 11.8 Å². The van der Waals surface area contributed by atoms with Gasteiger partial charge < -0.3 is 5.32 Å². The normalized spacial score (nSPS) is 17.9. The highest BCUT2D eigenvalue weighted by Gasteiger charge is 2.20. The fourth-order valence-corrected chi connectivity index (χ4v) is 3.66. The minimum atomic E-state index is 0.344. The van der Waals surface area contributed by atoms with Gasteiger partial charge in [0.25, 0.3) is 0 Å². The molecule has 2 heterocycles. The fraction of sp³-hybridized carbons (Fsp3) is 0.267. The Bertz CT molecular complexity index is 600. The third kappa shape index (κ3) is 2.72. The number of nitrogens with one attached hydrogen (secondary N) is 1. The molecule has 0 saturated carbocycles. The molecule has 2 nitrogen and oxygen atoms in total. The van der Waals surface area contributed by atoms with Crippen LogP contribution in [0.2, 0.25) is 5.15 Å². The number of benzene rings is 1. The number of pyridine rings is 1. The molecule has 1 N–H and O–H groups in total. The summed E-state index contributed by atoms with van der Waals surface area (Å²) in [7, 11) is 0. The second-order valence-electron chi connectivity index (χ2n) is 4.68. The van der Waals surface area contributed by atoms with Gasteiger partial charge in [0.2, 0.25) is 0 Å². The van der Waals surface area contributed by atoms with Gasteiger partial charge in [-0.25, -0.2) is 4.98 Å². The summed E-state index contributed by atoms with van der Waals surface area (Å²) in [5, 5.41) is 4.13. The molecule has 1 aromatic carbocycles. The van der Waals surface area contributed by atoms with Crippen LogP contribution in [0.25, 0.3) is 0 Å². The molecule has 1 aliphatic heterocycles. The molecule has 2 aromatic rings. The average Bonchev–Trinajstić information content (AvgIpc) is 2.42. The lowest BCUT2D eigenvalue weighted by Gasteiger charge is -2.27. The molecule has 1 aliphatic rings. The lowest BCUT2D eigenvalue weighted by atomic mass is 10.0. The predicted molar refractivity (Wildman–Crippen MR) is 83.0 cm³/mol. The van der Waals surface area contributed by atoms with Crippen molar-refractivity contribution >= 4 is 29.1 Å². The Balaban J connectivity index is 1.88. The number of hydrogen-bond donors (Lipinski definition) is 1. The molecule has 0 spiro atoms. The maximum Gasteiger partial charge on any atom is 0.129 e. The van der Waals surface area contributed by atoms with Crippen molar-refractivity contribution in [1.82, 2.24) is 4.98 Å². The van der Waals surface area contributed by atoms with Crippen LogP contribution in [0.3, 0.4) is 0 Å². The Labute approximate surface area is 122 Å². The van der Waals surface area contributed by atoms with Crippen LogP contribution in [0.15, 0.2) is 36.4 Å². The zero-order chi connectivity index (χ0) is 13.2. The van der Waals surface area contributed by atoms with Gasteiger partial charge in [-0.05, 0) is 30.2 Å². The van der Waals surface area contributed by atoms with E-state index >= 15 is 0 Å². The van der Waals surface area contributed by atoms with Gasteiger partial charge in [-0.15, -0.1) is 0 Å². The largest absolute Gasteiger partial charge is 0.376 e. The summed E-state index contributed by atoms with van der Waals surface area (Å²) in [6.45, 7) is 1.98. The van der Waals surface area contributed by atoms with E-state index in [9.17, 15) is 0 Å². The third-order valence-corrected chi connectivity index (χ3v) is 4.65. The van der Waals surface area contributed by atoms with Crippen molar-refractivity contribution in [2.24, 2.45) is 0 Å². The van der Waals surface area contributed by atoms with Crippen LogP contribution in [0, 0.1) is 6.92 Å². The molecule has 0 aliphatic carbocycles. The molecule has 98 valence electrons. The highest BCUT2D eigenvalue weighted by atomic mass is 35.5. The number of nitrogens with zero attached hydrogens (tertiary/aromatic N) is 1. The quantitative estimate of drug-likeness (QED) is 0.828. The molecular weight excluding hydrogens is 276 g/mol. The third-order valence-electron chi connectivity index (χ3n) is 3.35. The van der Waals surface area contributed by atoms with Crippen LogP contribution < -0.4 is 5.32 Å². The van der Waals surface area contributed by atoms with Crippen molar-refractivity contribution in [3.63, 3.8) is 0 Å². The number of fused-ring (bicyclic) bond motifs is 1. The van der Waals surface area contributed by atoms with Crippen LogP contribution in [0.4, 0.5) is 5.69 Å². The van der Waals surface area contributed by atoms with Gasteiger partial charge in [0.05, 0.1) is 17.4 Å². The summed E-state index contributed by atoms with van der Waals surface area (Å²) in [4.78, 5) is 4.29. The topological polar surface area (TPSA) is 24.9 Å². The molecule has 0 radical (unpaired) electrons. The molecule has 0 amide bonds. The molecule has 0 saturated heterocycles. The van der Waals surface area contributed by atoms with Gasteiger partial charge in [-0.1, -0.05) is 35.9 Å². The van der Waals surface area contributed by atoms with Crippen molar-refractivity contribution in [3.8, 4) is 0 Å². The second kappa shape index (κ2) is 5.43. The first-order valence-corrected chi connectivity index (χ1v) is 7.82. The van der Waals surface area contributed by atoms with E-state index in [1.54, 1.807) is 0 Å². The minimum Gasteiger partial charge on any atom is -0.376 e. The van der Waals surface area contributed by atoms with E-state index in [1.165, 1.54) is 11.1 Å². The molecule has 3 rings (SSSR count). The Hall–Kier alpha value is -1.19. The monoisotopic (exact) mass is 290 g/mol. The van der Waals surface area contributed by atoms with Crippen LogP contribution in [0.5, 0.6) is 0 Å². The highest BCUT2D eigenvalue weighted by Crippen LogP contribution is 2.34. The summed E-state index contributed by atoms with van der Waals surface area (Å²) >= 11 is 7.86. The lowest BCUT2D eigenvalue weighted by molar-refractivity contribution is 0.866. The first-order valence-electron chi connectivity index (χ1n) is 6.29. The Kier molecular flexibility index (Phi) is 3.67. The minimum absolute atomic E-state index is 0.344. The van der Waals surface area contributed by atoms with Crippen molar-refractivity contribution in [3.05, 3.63) is 58.4 Å².